The minimum atomic E-state index is -0.115. The first-order chi connectivity index (χ1) is 8.10. The molecule has 0 bridgehead atoms. The Balaban J connectivity index is 3.51. The highest BCUT2D eigenvalue weighted by atomic mass is 16.6. The van der Waals surface area contributed by atoms with E-state index < -0.39 is 0 Å². The normalized spacial score (nSPS) is 16.2. The molecule has 0 fully saturated rings. The van der Waals surface area contributed by atoms with Crippen LogP contribution in [0.1, 0.15) is 27.7 Å². The van der Waals surface area contributed by atoms with E-state index in [1.807, 2.05) is 27.7 Å². The molecule has 0 aromatic heterocycles. The third kappa shape index (κ3) is 10.2. The fraction of sp³-hybridized carbons (Fsp3) is 0.917. The van der Waals surface area contributed by atoms with E-state index in [1.54, 1.807) is 0 Å². The average molecular weight is 248 g/mol. The third-order valence-electron chi connectivity index (χ3n) is 2.08. The molecule has 0 saturated carbocycles. The number of rotatable bonds is 11. The highest BCUT2D eigenvalue weighted by Crippen LogP contribution is 2.00. The number of hydrogen-bond donors (Lipinski definition) is 0. The van der Waals surface area contributed by atoms with E-state index >= 15 is 0 Å². The van der Waals surface area contributed by atoms with Crippen LogP contribution in [-0.4, -0.2) is 51.2 Å². The molecule has 0 aromatic rings. The van der Waals surface area contributed by atoms with E-state index in [9.17, 15) is 4.79 Å². The summed E-state index contributed by atoms with van der Waals surface area (Å²) in [7, 11) is 0. The van der Waals surface area contributed by atoms with Gasteiger partial charge in [0.15, 0.2) is 0 Å². The van der Waals surface area contributed by atoms with Crippen molar-refractivity contribution in [1.29, 1.82) is 0 Å². The van der Waals surface area contributed by atoms with E-state index in [0.29, 0.717) is 26.3 Å². The largest absolute Gasteiger partial charge is 0.465 e. The lowest BCUT2D eigenvalue weighted by Gasteiger charge is -2.19. The van der Waals surface area contributed by atoms with Crippen LogP contribution in [0.5, 0.6) is 0 Å². The number of hydrogen-bond acceptors (Lipinski definition) is 5. The Morgan fingerprint density at radius 2 is 1.35 bits per heavy atom. The molecule has 5 heteroatoms. The van der Waals surface area contributed by atoms with Gasteiger partial charge in [-0.05, 0) is 27.7 Å². The summed E-state index contributed by atoms with van der Waals surface area (Å²) in [6.45, 7) is 10.1. The number of carbonyl (C=O) groups excluding carboxylic acids is 1. The minimum Gasteiger partial charge on any atom is -0.465 e. The van der Waals surface area contributed by atoms with Crippen LogP contribution in [0, 0.1) is 0 Å². The predicted octanol–water partition coefficient (Wildman–Crippen LogP) is 1.39. The predicted molar refractivity (Wildman–Crippen MR) is 63.9 cm³/mol. The standard InChI is InChI=1S/C12H24O5/c1-5-15-11(3)7-17-12(4)8-16-10(2)6-14-9-13/h9-12H,5-8H2,1-4H3. The summed E-state index contributed by atoms with van der Waals surface area (Å²) in [4.78, 5) is 9.97. The van der Waals surface area contributed by atoms with Gasteiger partial charge in [0.2, 0.25) is 0 Å². The monoisotopic (exact) mass is 248 g/mol. The molecule has 3 atom stereocenters. The molecule has 0 saturated heterocycles. The Labute approximate surface area is 103 Å². The topological polar surface area (TPSA) is 54.0 Å². The molecule has 0 amide bonds. The van der Waals surface area contributed by atoms with Gasteiger partial charge in [-0.25, -0.2) is 0 Å². The molecule has 5 nitrogen and oxygen atoms in total. The van der Waals surface area contributed by atoms with Gasteiger partial charge in [0.05, 0.1) is 31.5 Å². The summed E-state index contributed by atoms with van der Waals surface area (Å²) < 4.78 is 20.9. The van der Waals surface area contributed by atoms with Crippen molar-refractivity contribution < 1.29 is 23.7 Å². The molecule has 0 aromatic carbocycles. The summed E-state index contributed by atoms with van der Waals surface area (Å²) in [5.74, 6) is 0. The highest BCUT2D eigenvalue weighted by Gasteiger charge is 2.09. The summed E-state index contributed by atoms with van der Waals surface area (Å²) in [5, 5.41) is 0. The van der Waals surface area contributed by atoms with Gasteiger partial charge in [-0.1, -0.05) is 0 Å². The minimum absolute atomic E-state index is 0.00316. The van der Waals surface area contributed by atoms with Crippen LogP contribution in [0.25, 0.3) is 0 Å². The van der Waals surface area contributed by atoms with Crippen molar-refractivity contribution in [3.05, 3.63) is 0 Å². The van der Waals surface area contributed by atoms with E-state index in [1.165, 1.54) is 0 Å². The van der Waals surface area contributed by atoms with E-state index in [0.717, 1.165) is 0 Å². The molecular weight excluding hydrogens is 224 g/mol. The second-order valence-electron chi connectivity index (χ2n) is 3.98. The molecule has 0 heterocycles. The Morgan fingerprint density at radius 1 is 0.882 bits per heavy atom. The lowest BCUT2D eigenvalue weighted by Crippen LogP contribution is -2.26. The maximum Gasteiger partial charge on any atom is 0.293 e. The zero-order chi connectivity index (χ0) is 13.1. The SMILES string of the molecule is CCOC(C)COC(C)COC(C)COC=O. The zero-order valence-corrected chi connectivity index (χ0v) is 11.2. The van der Waals surface area contributed by atoms with Crippen LogP contribution in [0.2, 0.25) is 0 Å². The van der Waals surface area contributed by atoms with Gasteiger partial charge in [-0.3, -0.25) is 4.79 Å². The Morgan fingerprint density at radius 3 is 1.82 bits per heavy atom. The summed E-state index contributed by atoms with van der Waals surface area (Å²) in [5.41, 5.74) is 0. The quantitative estimate of drug-likeness (QED) is 0.517. The van der Waals surface area contributed by atoms with Crippen LogP contribution in [0.3, 0.4) is 0 Å². The molecule has 0 spiro atoms. The summed E-state index contributed by atoms with van der Waals surface area (Å²) in [6, 6.07) is 0. The maximum absolute atomic E-state index is 9.97. The van der Waals surface area contributed by atoms with Crippen molar-refractivity contribution >= 4 is 6.47 Å². The molecule has 0 N–H and O–H groups in total. The lowest BCUT2D eigenvalue weighted by atomic mass is 10.4. The van der Waals surface area contributed by atoms with E-state index in [-0.39, 0.29) is 24.9 Å². The second kappa shape index (κ2) is 10.5. The third-order valence-corrected chi connectivity index (χ3v) is 2.08. The Bertz CT molecular complexity index is 186. The van der Waals surface area contributed by atoms with Gasteiger partial charge >= 0.3 is 0 Å². The Hall–Kier alpha value is -0.650. The van der Waals surface area contributed by atoms with Crippen molar-refractivity contribution in [3.63, 3.8) is 0 Å². The van der Waals surface area contributed by atoms with Crippen LogP contribution >= 0.6 is 0 Å². The average Bonchev–Trinajstić information content (AvgIpc) is 2.31. The van der Waals surface area contributed by atoms with Crippen molar-refractivity contribution in [2.24, 2.45) is 0 Å². The molecule has 3 unspecified atom stereocenters. The first-order valence-electron chi connectivity index (χ1n) is 6.00. The van der Waals surface area contributed by atoms with Crippen molar-refractivity contribution in [3.8, 4) is 0 Å². The molecular formula is C12H24O5. The molecule has 102 valence electrons. The molecule has 0 rings (SSSR count). The van der Waals surface area contributed by atoms with Crippen molar-refractivity contribution in [2.75, 3.05) is 26.4 Å². The van der Waals surface area contributed by atoms with Crippen molar-refractivity contribution in [2.45, 2.75) is 46.0 Å². The van der Waals surface area contributed by atoms with Crippen LogP contribution < -0.4 is 0 Å². The lowest BCUT2D eigenvalue weighted by molar-refractivity contribution is -0.133. The van der Waals surface area contributed by atoms with Gasteiger partial charge in [-0.15, -0.1) is 0 Å². The van der Waals surface area contributed by atoms with Crippen molar-refractivity contribution in [1.82, 2.24) is 0 Å². The first kappa shape index (κ1) is 16.4. The molecule has 0 aliphatic rings. The summed E-state index contributed by atoms with van der Waals surface area (Å²) in [6.07, 6.45) is -0.0228. The number of carbonyl (C=O) groups is 1. The van der Waals surface area contributed by atoms with E-state index in [2.05, 4.69) is 4.74 Å². The van der Waals surface area contributed by atoms with Crippen LogP contribution in [-0.2, 0) is 23.7 Å². The van der Waals surface area contributed by atoms with Gasteiger partial charge < -0.3 is 18.9 Å². The Kier molecular flexibility index (Phi) is 10.1. The fourth-order valence-corrected chi connectivity index (χ4v) is 1.20. The van der Waals surface area contributed by atoms with Gasteiger partial charge in [0.25, 0.3) is 6.47 Å². The fourth-order valence-electron chi connectivity index (χ4n) is 1.20. The van der Waals surface area contributed by atoms with Gasteiger partial charge in [0, 0.05) is 6.61 Å². The highest BCUT2D eigenvalue weighted by molar-refractivity contribution is 5.36. The second-order valence-corrected chi connectivity index (χ2v) is 3.98. The summed E-state index contributed by atoms with van der Waals surface area (Å²) >= 11 is 0. The molecule has 0 radical (unpaired) electrons. The van der Waals surface area contributed by atoms with Gasteiger partial charge in [-0.2, -0.15) is 0 Å². The first-order valence-corrected chi connectivity index (χ1v) is 6.00. The zero-order valence-electron chi connectivity index (χ0n) is 11.2. The molecule has 0 aliphatic heterocycles. The number of ether oxygens (including phenoxy) is 4. The molecule has 0 aliphatic carbocycles. The smallest absolute Gasteiger partial charge is 0.293 e. The van der Waals surface area contributed by atoms with Crippen LogP contribution in [0.4, 0.5) is 0 Å². The van der Waals surface area contributed by atoms with E-state index in [4.69, 9.17) is 14.2 Å². The molecule has 17 heavy (non-hydrogen) atoms. The van der Waals surface area contributed by atoms with Crippen LogP contribution in [0.15, 0.2) is 0 Å². The van der Waals surface area contributed by atoms with Gasteiger partial charge in [0.1, 0.15) is 6.61 Å². The maximum atomic E-state index is 9.97.